The highest BCUT2D eigenvalue weighted by Gasteiger charge is 2.34. The number of hydrogen-bond donors (Lipinski definition) is 2. The molecule has 2 N–H and O–H groups in total. The molecule has 1 rings (SSSR count). The zero-order valence-corrected chi connectivity index (χ0v) is 13.0. The largest absolute Gasteiger partial charge is 0.378 e. The minimum Gasteiger partial charge on any atom is -0.378 e. The van der Waals surface area contributed by atoms with Crippen molar-refractivity contribution in [1.29, 1.82) is 0 Å². The molecule has 0 aliphatic carbocycles. The number of likely N-dealkylation sites (tertiary alicyclic amines) is 1. The fourth-order valence-electron chi connectivity index (χ4n) is 2.17. The highest BCUT2D eigenvalue weighted by molar-refractivity contribution is 5.84. The number of ether oxygens (including phenoxy) is 1. The van der Waals surface area contributed by atoms with Gasteiger partial charge in [-0.2, -0.15) is 0 Å². The molecule has 0 aromatic rings. The minimum absolute atomic E-state index is 0.00843. The molecule has 1 aliphatic heterocycles. The van der Waals surface area contributed by atoms with Gasteiger partial charge in [-0.05, 0) is 13.8 Å². The molecule has 1 fully saturated rings. The van der Waals surface area contributed by atoms with Crippen molar-refractivity contribution < 1.29 is 14.3 Å². The summed E-state index contributed by atoms with van der Waals surface area (Å²) in [4.78, 5) is 26.8. The second kappa shape index (κ2) is 7.44. The minimum atomic E-state index is -0.279. The summed E-state index contributed by atoms with van der Waals surface area (Å²) < 4.78 is 5.42. The molecule has 20 heavy (non-hydrogen) atoms. The summed E-state index contributed by atoms with van der Waals surface area (Å²) in [6.45, 7) is 5.79. The number of nitrogens with zero attached hydrogens (tertiary/aromatic N) is 2. The van der Waals surface area contributed by atoms with Crippen LogP contribution >= 0.6 is 0 Å². The van der Waals surface area contributed by atoms with E-state index in [1.807, 2.05) is 0 Å². The molecule has 0 bridgehead atoms. The Bertz CT molecular complexity index is 347. The third kappa shape index (κ3) is 4.64. The van der Waals surface area contributed by atoms with Gasteiger partial charge in [0.05, 0.1) is 18.7 Å². The molecule has 0 spiro atoms. The number of nitrogens with one attached hydrogen (secondary N) is 2. The van der Waals surface area contributed by atoms with Crippen molar-refractivity contribution in [2.45, 2.75) is 32.0 Å². The SMILES string of the molecule is CO[C@H]1CN(C(C)C)C[C@@H]1NC(=O)CNC(=O)N(C)C. The number of rotatable bonds is 5. The van der Waals surface area contributed by atoms with Crippen LogP contribution in [0, 0.1) is 0 Å². The Morgan fingerprint density at radius 3 is 2.50 bits per heavy atom. The lowest BCUT2D eigenvalue weighted by Crippen LogP contribution is -2.48. The lowest BCUT2D eigenvalue weighted by molar-refractivity contribution is -0.121. The van der Waals surface area contributed by atoms with E-state index in [9.17, 15) is 9.59 Å². The number of carbonyl (C=O) groups excluding carboxylic acids is 2. The second-order valence-corrected chi connectivity index (χ2v) is 5.55. The van der Waals surface area contributed by atoms with E-state index in [1.54, 1.807) is 21.2 Å². The predicted octanol–water partition coefficient (Wildman–Crippen LogP) is -0.519. The normalized spacial score (nSPS) is 22.9. The van der Waals surface area contributed by atoms with E-state index in [0.29, 0.717) is 6.04 Å². The average Bonchev–Trinajstić information content (AvgIpc) is 2.78. The van der Waals surface area contributed by atoms with E-state index in [1.165, 1.54) is 4.90 Å². The first-order valence-corrected chi connectivity index (χ1v) is 6.86. The van der Waals surface area contributed by atoms with Crippen LogP contribution < -0.4 is 10.6 Å². The Kier molecular flexibility index (Phi) is 6.22. The van der Waals surface area contributed by atoms with Gasteiger partial charge in [0, 0.05) is 40.3 Å². The van der Waals surface area contributed by atoms with Gasteiger partial charge in [0.25, 0.3) is 0 Å². The monoisotopic (exact) mass is 286 g/mol. The topological polar surface area (TPSA) is 73.9 Å². The lowest BCUT2D eigenvalue weighted by atomic mass is 10.2. The second-order valence-electron chi connectivity index (χ2n) is 5.55. The Labute approximate surface area is 120 Å². The first kappa shape index (κ1) is 16.7. The highest BCUT2D eigenvalue weighted by atomic mass is 16.5. The number of hydrogen-bond acceptors (Lipinski definition) is 4. The molecule has 0 saturated carbocycles. The van der Waals surface area contributed by atoms with E-state index in [-0.39, 0.29) is 30.6 Å². The third-order valence-electron chi connectivity index (χ3n) is 3.48. The van der Waals surface area contributed by atoms with Crippen LogP contribution in [0.2, 0.25) is 0 Å². The van der Waals surface area contributed by atoms with Crippen LogP contribution in [-0.2, 0) is 9.53 Å². The summed E-state index contributed by atoms with van der Waals surface area (Å²) in [6.07, 6.45) is -0.00843. The molecule has 0 radical (unpaired) electrons. The van der Waals surface area contributed by atoms with E-state index < -0.39 is 0 Å². The molecule has 116 valence electrons. The fraction of sp³-hybridized carbons (Fsp3) is 0.846. The first-order valence-electron chi connectivity index (χ1n) is 6.86. The van der Waals surface area contributed by atoms with Crippen molar-refractivity contribution >= 4 is 11.9 Å². The van der Waals surface area contributed by atoms with Crippen LogP contribution in [0.1, 0.15) is 13.8 Å². The quantitative estimate of drug-likeness (QED) is 0.713. The van der Waals surface area contributed by atoms with Gasteiger partial charge in [0.15, 0.2) is 0 Å². The zero-order valence-electron chi connectivity index (χ0n) is 13.0. The maximum Gasteiger partial charge on any atom is 0.317 e. The van der Waals surface area contributed by atoms with E-state index in [0.717, 1.165) is 13.1 Å². The van der Waals surface area contributed by atoms with Crippen LogP contribution in [0.3, 0.4) is 0 Å². The van der Waals surface area contributed by atoms with Crippen molar-refractivity contribution in [3.8, 4) is 0 Å². The summed E-state index contributed by atoms with van der Waals surface area (Å²) in [5, 5.41) is 5.46. The first-order chi connectivity index (χ1) is 9.35. The Hall–Kier alpha value is -1.34. The van der Waals surface area contributed by atoms with E-state index in [2.05, 4.69) is 29.4 Å². The molecular weight excluding hydrogens is 260 g/mol. The summed E-state index contributed by atoms with van der Waals surface area (Å²) in [5.41, 5.74) is 0. The average molecular weight is 286 g/mol. The number of amides is 3. The molecule has 0 aromatic heterocycles. The van der Waals surface area contributed by atoms with Crippen molar-refractivity contribution in [1.82, 2.24) is 20.4 Å². The summed E-state index contributed by atoms with van der Waals surface area (Å²) >= 11 is 0. The molecule has 3 amide bonds. The standard InChI is InChI=1S/C13H26N4O3/c1-9(2)17-7-10(11(8-17)20-5)15-12(18)6-14-13(19)16(3)4/h9-11H,6-8H2,1-5H3,(H,14,19)(H,15,18)/t10-,11-/m0/s1. The van der Waals surface area contributed by atoms with Gasteiger partial charge >= 0.3 is 6.03 Å². The zero-order chi connectivity index (χ0) is 15.3. The maximum absolute atomic E-state index is 11.8. The smallest absolute Gasteiger partial charge is 0.317 e. The molecule has 2 atom stereocenters. The number of urea groups is 1. The highest BCUT2D eigenvalue weighted by Crippen LogP contribution is 2.15. The van der Waals surface area contributed by atoms with Gasteiger partial charge in [-0.3, -0.25) is 9.69 Å². The van der Waals surface area contributed by atoms with Crippen LogP contribution in [0.15, 0.2) is 0 Å². The number of methoxy groups -OCH3 is 1. The van der Waals surface area contributed by atoms with Gasteiger partial charge in [0.1, 0.15) is 0 Å². The van der Waals surface area contributed by atoms with Crippen molar-refractivity contribution in [2.24, 2.45) is 0 Å². The van der Waals surface area contributed by atoms with E-state index >= 15 is 0 Å². The van der Waals surface area contributed by atoms with Crippen molar-refractivity contribution in [2.75, 3.05) is 40.8 Å². The molecule has 1 heterocycles. The van der Waals surface area contributed by atoms with Crippen molar-refractivity contribution in [3.05, 3.63) is 0 Å². The fourth-order valence-corrected chi connectivity index (χ4v) is 2.17. The molecule has 0 aromatic carbocycles. The van der Waals surface area contributed by atoms with Crippen molar-refractivity contribution in [3.63, 3.8) is 0 Å². The third-order valence-corrected chi connectivity index (χ3v) is 3.48. The molecule has 7 heteroatoms. The van der Waals surface area contributed by atoms with Gasteiger partial charge in [0.2, 0.25) is 5.91 Å². The molecular formula is C13H26N4O3. The maximum atomic E-state index is 11.8. The Morgan fingerprint density at radius 2 is 2.00 bits per heavy atom. The number of carbonyl (C=O) groups is 2. The van der Waals surface area contributed by atoms with Crippen LogP contribution in [0.4, 0.5) is 4.79 Å². The predicted molar refractivity (Wildman–Crippen MR) is 76.5 cm³/mol. The van der Waals surface area contributed by atoms with E-state index in [4.69, 9.17) is 4.74 Å². The summed E-state index contributed by atoms with van der Waals surface area (Å²) in [5.74, 6) is -0.196. The Balaban J connectivity index is 2.42. The molecule has 1 aliphatic rings. The summed E-state index contributed by atoms with van der Waals surface area (Å²) in [7, 11) is 4.92. The van der Waals surface area contributed by atoms with Gasteiger partial charge in [-0.25, -0.2) is 4.79 Å². The molecule has 0 unspecified atom stereocenters. The van der Waals surface area contributed by atoms with Crippen LogP contribution in [0.5, 0.6) is 0 Å². The van der Waals surface area contributed by atoms with Crippen LogP contribution in [-0.4, -0.2) is 80.8 Å². The molecule has 1 saturated heterocycles. The van der Waals surface area contributed by atoms with Crippen LogP contribution in [0.25, 0.3) is 0 Å². The van der Waals surface area contributed by atoms with Gasteiger partial charge in [-0.1, -0.05) is 0 Å². The summed E-state index contributed by atoms with van der Waals surface area (Å²) in [6, 6.07) is 0.104. The Morgan fingerprint density at radius 1 is 1.35 bits per heavy atom. The van der Waals surface area contributed by atoms with Gasteiger partial charge < -0.3 is 20.3 Å². The van der Waals surface area contributed by atoms with Gasteiger partial charge in [-0.15, -0.1) is 0 Å². The lowest BCUT2D eigenvalue weighted by Gasteiger charge is -2.20. The molecule has 7 nitrogen and oxygen atoms in total.